The Labute approximate surface area is 143 Å². The number of rotatable bonds is 10. The van der Waals surface area contributed by atoms with Crippen LogP contribution in [0.25, 0.3) is 0 Å². The zero-order valence-electron chi connectivity index (χ0n) is 15.8. The van der Waals surface area contributed by atoms with E-state index in [4.69, 9.17) is 37.4 Å². The van der Waals surface area contributed by atoms with E-state index in [0.717, 1.165) is 24.9 Å². The van der Waals surface area contributed by atoms with E-state index in [1.165, 1.54) is 6.01 Å². The van der Waals surface area contributed by atoms with Crippen LogP contribution in [-0.4, -0.2) is 66.3 Å². The summed E-state index contributed by atoms with van der Waals surface area (Å²) in [6.07, 6.45) is 2.06. The molecule has 0 fully saturated rings. The largest absolute Gasteiger partial charge is 0.500 e. The van der Waals surface area contributed by atoms with Gasteiger partial charge < -0.3 is 26.6 Å². The molecule has 0 aliphatic rings. The third kappa shape index (κ3) is 12.6. The van der Waals surface area contributed by atoms with Crippen molar-refractivity contribution in [1.82, 2.24) is 0 Å². The second-order valence-electron chi connectivity index (χ2n) is 4.22. The molecular formula is C13H34N2O6Si2. The van der Waals surface area contributed by atoms with Gasteiger partial charge in [0.25, 0.3) is 0 Å². The molecule has 23 heavy (non-hydrogen) atoms. The van der Waals surface area contributed by atoms with Crippen molar-refractivity contribution in [3.8, 4) is 0 Å². The Morgan fingerprint density at radius 3 is 0.826 bits per heavy atom. The van der Waals surface area contributed by atoms with E-state index in [9.17, 15) is 0 Å². The lowest BCUT2D eigenvalue weighted by atomic mass is 10.6. The summed E-state index contributed by atoms with van der Waals surface area (Å²) in [6, 6.07) is 3.02. The highest BCUT2D eigenvalue weighted by Gasteiger charge is 2.36. The fraction of sp³-hybridized carbons (Fsp3) is 0.923. The molecule has 10 heteroatoms. The lowest BCUT2D eigenvalue weighted by Gasteiger charge is -2.23. The van der Waals surface area contributed by atoms with Gasteiger partial charge in [0, 0.05) is 54.7 Å². The van der Waals surface area contributed by atoms with Crippen molar-refractivity contribution >= 4 is 23.6 Å². The predicted molar refractivity (Wildman–Crippen MR) is 94.2 cm³/mol. The second-order valence-corrected chi connectivity index (χ2v) is 10.4. The van der Waals surface area contributed by atoms with Crippen molar-refractivity contribution in [1.29, 1.82) is 10.8 Å². The van der Waals surface area contributed by atoms with Crippen LogP contribution in [0, 0.1) is 10.8 Å². The zero-order valence-corrected chi connectivity index (χ0v) is 17.8. The summed E-state index contributed by atoms with van der Waals surface area (Å²) < 4.78 is 31.0. The van der Waals surface area contributed by atoms with Gasteiger partial charge in [-0.15, -0.1) is 0 Å². The highest BCUT2D eigenvalue weighted by molar-refractivity contribution is 6.60. The first-order chi connectivity index (χ1) is 10.9. The van der Waals surface area contributed by atoms with Gasteiger partial charge in [0.05, 0.1) is 6.01 Å². The third-order valence-corrected chi connectivity index (χ3v) is 8.94. The summed E-state index contributed by atoms with van der Waals surface area (Å²) in [5, 5.41) is 11.2. The fourth-order valence-corrected chi connectivity index (χ4v) is 5.17. The van der Waals surface area contributed by atoms with Crippen LogP contribution in [0.15, 0.2) is 0 Å². The van der Waals surface area contributed by atoms with E-state index in [-0.39, 0.29) is 0 Å². The summed E-state index contributed by atoms with van der Waals surface area (Å²) >= 11 is 0. The first-order valence-electron chi connectivity index (χ1n) is 7.30. The Bertz CT molecular complexity index is 245. The Hall–Kier alpha value is -0.426. The van der Waals surface area contributed by atoms with E-state index >= 15 is 0 Å². The first-order valence-corrected chi connectivity index (χ1v) is 11.2. The lowest BCUT2D eigenvalue weighted by molar-refractivity contribution is 0.123. The minimum atomic E-state index is -2.22. The number of hydrogen-bond acceptors (Lipinski definition) is 8. The molecule has 0 bridgehead atoms. The summed E-state index contributed by atoms with van der Waals surface area (Å²) in [6.45, 7) is 4.16. The SMILES string of the molecule is CCC[Si](OC)(OC)OC.CCC[Si](OC)(OC)OC.N=C=N. The van der Waals surface area contributed by atoms with Gasteiger partial charge >= 0.3 is 17.6 Å². The Kier molecular flexibility index (Phi) is 21.4. The molecule has 8 nitrogen and oxygen atoms in total. The van der Waals surface area contributed by atoms with Crippen LogP contribution >= 0.6 is 0 Å². The van der Waals surface area contributed by atoms with Crippen molar-refractivity contribution in [2.75, 3.05) is 42.7 Å². The molecule has 0 rings (SSSR count). The van der Waals surface area contributed by atoms with Gasteiger partial charge in [-0.1, -0.05) is 26.7 Å². The Morgan fingerprint density at radius 1 is 0.609 bits per heavy atom. The summed E-state index contributed by atoms with van der Waals surface area (Å²) in [5.74, 6) is 0. The van der Waals surface area contributed by atoms with Crippen LogP contribution in [0.4, 0.5) is 0 Å². The van der Waals surface area contributed by atoms with Crippen LogP contribution in [0.1, 0.15) is 26.7 Å². The number of nitrogens with one attached hydrogen (secondary N) is 2. The average molecular weight is 371 g/mol. The Morgan fingerprint density at radius 2 is 0.783 bits per heavy atom. The molecule has 0 aliphatic heterocycles. The standard InChI is InChI=1S/2C6H16O3Si.CH2N2/c2*1-5-6-10(7-2,8-3)9-4;2-1-3/h2*5-6H2,1-4H3;2-3H. The molecule has 0 aromatic carbocycles. The zero-order chi connectivity index (χ0) is 18.8. The van der Waals surface area contributed by atoms with Crippen LogP contribution in [0.2, 0.25) is 12.1 Å². The molecule has 0 heterocycles. The topological polar surface area (TPSA) is 103 Å². The fourth-order valence-electron chi connectivity index (χ4n) is 1.72. The first kappa shape index (κ1) is 27.4. The molecule has 2 N–H and O–H groups in total. The van der Waals surface area contributed by atoms with Crippen LogP contribution in [0.3, 0.4) is 0 Å². The second kappa shape index (κ2) is 17.9. The smallest absolute Gasteiger partial charge is 0.377 e. The van der Waals surface area contributed by atoms with Gasteiger partial charge in [0.2, 0.25) is 0 Å². The molecule has 0 aliphatic carbocycles. The third-order valence-electron chi connectivity index (χ3n) is 2.98. The maximum Gasteiger partial charge on any atom is 0.500 e. The van der Waals surface area contributed by atoms with Gasteiger partial charge in [-0.2, -0.15) is 0 Å². The predicted octanol–water partition coefficient (Wildman–Crippen LogP) is 2.87. The van der Waals surface area contributed by atoms with E-state index in [1.807, 2.05) is 0 Å². The summed E-state index contributed by atoms with van der Waals surface area (Å²) in [4.78, 5) is 0. The van der Waals surface area contributed by atoms with Gasteiger partial charge in [0.1, 0.15) is 0 Å². The van der Waals surface area contributed by atoms with Crippen molar-refractivity contribution in [3.63, 3.8) is 0 Å². The maximum absolute atomic E-state index is 5.62. The average Bonchev–Trinajstić information content (AvgIpc) is 2.59. The van der Waals surface area contributed by atoms with Gasteiger partial charge in [-0.3, -0.25) is 0 Å². The highest BCUT2D eigenvalue weighted by Crippen LogP contribution is 2.14. The van der Waals surface area contributed by atoms with Crippen molar-refractivity contribution < 1.29 is 26.6 Å². The van der Waals surface area contributed by atoms with E-state index in [0.29, 0.717) is 0 Å². The Balaban J connectivity index is -0.000000297. The summed E-state index contributed by atoms with van der Waals surface area (Å²) in [5.41, 5.74) is 0. The molecule has 0 unspecified atom stereocenters. The van der Waals surface area contributed by atoms with Crippen LogP contribution in [0.5, 0.6) is 0 Å². The maximum atomic E-state index is 5.62. The molecule has 0 saturated heterocycles. The minimum Gasteiger partial charge on any atom is -0.377 e. The van der Waals surface area contributed by atoms with Gasteiger partial charge in [-0.05, 0) is 0 Å². The molecule has 0 radical (unpaired) electrons. The molecule has 0 atom stereocenters. The highest BCUT2D eigenvalue weighted by atomic mass is 28.4. The number of hydrogen-bond donors (Lipinski definition) is 2. The van der Waals surface area contributed by atoms with Gasteiger partial charge in [0.15, 0.2) is 0 Å². The van der Waals surface area contributed by atoms with E-state index in [1.54, 1.807) is 42.7 Å². The minimum absolute atomic E-state index is 0.885. The van der Waals surface area contributed by atoms with Crippen LogP contribution < -0.4 is 0 Å². The lowest BCUT2D eigenvalue weighted by Crippen LogP contribution is -2.42. The van der Waals surface area contributed by atoms with Crippen molar-refractivity contribution in [2.24, 2.45) is 0 Å². The van der Waals surface area contributed by atoms with Crippen LogP contribution in [-0.2, 0) is 26.6 Å². The molecule has 140 valence electrons. The van der Waals surface area contributed by atoms with Crippen molar-refractivity contribution in [2.45, 2.75) is 38.8 Å². The molecule has 0 spiro atoms. The van der Waals surface area contributed by atoms with Gasteiger partial charge in [-0.25, -0.2) is 10.8 Å². The molecule has 0 saturated carbocycles. The normalized spacial score (nSPS) is 10.8. The quantitative estimate of drug-likeness (QED) is 0.453. The molecule has 0 aromatic heterocycles. The van der Waals surface area contributed by atoms with E-state index in [2.05, 4.69) is 13.8 Å². The van der Waals surface area contributed by atoms with Crippen molar-refractivity contribution in [3.05, 3.63) is 0 Å². The van der Waals surface area contributed by atoms with E-state index < -0.39 is 17.6 Å². The molecule has 0 amide bonds. The molecule has 0 aromatic rings. The summed E-state index contributed by atoms with van der Waals surface area (Å²) in [7, 11) is 5.37. The molecular weight excluding hydrogens is 336 g/mol. The monoisotopic (exact) mass is 370 g/mol.